The summed E-state index contributed by atoms with van der Waals surface area (Å²) in [5, 5.41) is 9.29. The van der Waals surface area contributed by atoms with E-state index in [1.807, 2.05) is 0 Å². The fraction of sp³-hybridized carbons (Fsp3) is 0.880. The van der Waals surface area contributed by atoms with Gasteiger partial charge in [0.2, 0.25) is 0 Å². The van der Waals surface area contributed by atoms with Crippen LogP contribution in [0.5, 0.6) is 0 Å². The van der Waals surface area contributed by atoms with Crippen LogP contribution >= 0.6 is 0 Å². The molecule has 7 unspecified atom stereocenters. The largest absolute Gasteiger partial charge is 0.478 e. The number of hydrogen-bond acceptors (Lipinski definition) is 1. The molecule has 0 amide bonds. The molecule has 2 fully saturated rings. The second-order valence-electron chi connectivity index (χ2n) is 10.7. The first-order valence-electron chi connectivity index (χ1n) is 11.6. The highest BCUT2D eigenvalue weighted by atomic mass is 16.4. The lowest BCUT2D eigenvalue weighted by molar-refractivity contribution is -0.131. The molecule has 0 aliphatic heterocycles. The molecular formula is C25H44O2. The highest BCUT2D eigenvalue weighted by molar-refractivity contribution is 5.79. The number of rotatable bonds is 7. The van der Waals surface area contributed by atoms with Crippen LogP contribution in [-0.2, 0) is 4.79 Å². The average molecular weight is 377 g/mol. The van der Waals surface area contributed by atoms with Gasteiger partial charge in [-0.15, -0.1) is 0 Å². The van der Waals surface area contributed by atoms with E-state index in [0.717, 1.165) is 35.5 Å². The molecule has 0 saturated heterocycles. The van der Waals surface area contributed by atoms with Crippen LogP contribution in [0.3, 0.4) is 0 Å². The van der Waals surface area contributed by atoms with E-state index in [1.54, 1.807) is 0 Å². The van der Waals surface area contributed by atoms with Gasteiger partial charge in [-0.1, -0.05) is 60.5 Å². The van der Waals surface area contributed by atoms with Crippen molar-refractivity contribution >= 4 is 5.97 Å². The van der Waals surface area contributed by atoms with Gasteiger partial charge in [0.1, 0.15) is 0 Å². The van der Waals surface area contributed by atoms with Crippen LogP contribution in [-0.4, -0.2) is 11.1 Å². The van der Waals surface area contributed by atoms with Crippen LogP contribution in [0.2, 0.25) is 0 Å². The summed E-state index contributed by atoms with van der Waals surface area (Å²) in [6.07, 6.45) is 12.7. The molecule has 0 heterocycles. The maximum Gasteiger partial charge on any atom is 0.327 e. The number of carbonyl (C=O) groups is 1. The highest BCUT2D eigenvalue weighted by Gasteiger charge is 2.38. The minimum absolute atomic E-state index is 0.424. The van der Waals surface area contributed by atoms with Gasteiger partial charge in [0.05, 0.1) is 0 Å². The minimum Gasteiger partial charge on any atom is -0.478 e. The Bertz CT molecular complexity index is 493. The normalized spacial score (nSPS) is 36.4. The van der Waals surface area contributed by atoms with Gasteiger partial charge >= 0.3 is 5.97 Å². The summed E-state index contributed by atoms with van der Waals surface area (Å²) in [7, 11) is 0. The molecule has 2 heteroatoms. The fourth-order valence-electron chi connectivity index (χ4n) is 6.39. The summed E-state index contributed by atoms with van der Waals surface area (Å²) >= 11 is 0. The molecule has 0 radical (unpaired) electrons. The predicted molar refractivity (Wildman–Crippen MR) is 115 cm³/mol. The van der Waals surface area contributed by atoms with Gasteiger partial charge in [0.15, 0.2) is 0 Å². The standard InChI is InChI=1S/C25H44O2/c1-16(2)22-10-7-18(5)13-21(22)15-20(9-12-25(26)27)24-14-19(6)8-11-23(24)17(3)4/h9,12,16-24H,7-8,10-11,13-15H2,1-6H3,(H,26,27). The summed E-state index contributed by atoms with van der Waals surface area (Å²) in [6, 6.07) is 0. The average Bonchev–Trinajstić information content (AvgIpc) is 2.57. The van der Waals surface area contributed by atoms with E-state index in [9.17, 15) is 9.90 Å². The van der Waals surface area contributed by atoms with Gasteiger partial charge in [0, 0.05) is 6.08 Å². The van der Waals surface area contributed by atoms with Crippen molar-refractivity contribution in [2.24, 2.45) is 53.3 Å². The van der Waals surface area contributed by atoms with Crippen molar-refractivity contribution in [3.8, 4) is 0 Å². The number of carboxylic acid groups (broad SMARTS) is 1. The van der Waals surface area contributed by atoms with Gasteiger partial charge < -0.3 is 5.11 Å². The molecule has 2 nitrogen and oxygen atoms in total. The third-order valence-electron chi connectivity index (χ3n) is 7.84. The SMILES string of the molecule is CC1CCC(C(C)C)C(CC(C=CC(=O)O)C2CC(C)CCC2C(C)C)C1. The van der Waals surface area contributed by atoms with Crippen LogP contribution in [0.4, 0.5) is 0 Å². The van der Waals surface area contributed by atoms with E-state index in [0.29, 0.717) is 17.8 Å². The third-order valence-corrected chi connectivity index (χ3v) is 7.84. The molecule has 0 bridgehead atoms. The van der Waals surface area contributed by atoms with E-state index in [4.69, 9.17) is 0 Å². The molecule has 0 spiro atoms. The number of aliphatic carboxylic acids is 1. The third kappa shape index (κ3) is 6.36. The zero-order valence-electron chi connectivity index (χ0n) is 18.7. The topological polar surface area (TPSA) is 37.3 Å². The van der Waals surface area contributed by atoms with Gasteiger partial charge in [-0.2, -0.15) is 0 Å². The summed E-state index contributed by atoms with van der Waals surface area (Å²) in [5.41, 5.74) is 0. The summed E-state index contributed by atoms with van der Waals surface area (Å²) in [6.45, 7) is 14.3. The second kappa shape index (κ2) is 10.1. The van der Waals surface area contributed by atoms with Gasteiger partial charge in [-0.25, -0.2) is 4.79 Å². The molecular weight excluding hydrogens is 332 g/mol. The van der Waals surface area contributed by atoms with E-state index in [-0.39, 0.29) is 0 Å². The molecule has 2 rings (SSSR count). The first kappa shape index (κ1) is 22.5. The van der Waals surface area contributed by atoms with Crippen LogP contribution < -0.4 is 0 Å². The quantitative estimate of drug-likeness (QED) is 0.483. The summed E-state index contributed by atoms with van der Waals surface area (Å²) in [4.78, 5) is 11.3. The van der Waals surface area contributed by atoms with Crippen molar-refractivity contribution in [3.63, 3.8) is 0 Å². The lowest BCUT2D eigenvalue weighted by Gasteiger charge is -2.44. The van der Waals surface area contributed by atoms with Crippen LogP contribution in [0.1, 0.15) is 86.5 Å². The maximum absolute atomic E-state index is 11.3. The molecule has 1 N–H and O–H groups in total. The van der Waals surface area contributed by atoms with Gasteiger partial charge in [0.25, 0.3) is 0 Å². The first-order valence-corrected chi connectivity index (χ1v) is 11.6. The predicted octanol–water partition coefficient (Wildman–Crippen LogP) is 7.05. The van der Waals surface area contributed by atoms with E-state index >= 15 is 0 Å². The Morgan fingerprint density at radius 3 is 2.00 bits per heavy atom. The second-order valence-corrected chi connectivity index (χ2v) is 10.7. The molecule has 7 atom stereocenters. The Morgan fingerprint density at radius 1 is 0.889 bits per heavy atom. The van der Waals surface area contributed by atoms with Crippen LogP contribution in [0, 0.1) is 53.3 Å². The Hall–Kier alpha value is -0.790. The van der Waals surface area contributed by atoms with Crippen LogP contribution in [0.25, 0.3) is 0 Å². The molecule has 0 aromatic carbocycles. The van der Waals surface area contributed by atoms with Crippen molar-refractivity contribution in [1.82, 2.24) is 0 Å². The monoisotopic (exact) mass is 376 g/mol. The fourth-order valence-corrected chi connectivity index (χ4v) is 6.39. The van der Waals surface area contributed by atoms with E-state index in [2.05, 4.69) is 47.6 Å². The molecule has 2 aliphatic rings. The molecule has 27 heavy (non-hydrogen) atoms. The summed E-state index contributed by atoms with van der Waals surface area (Å²) in [5.74, 6) is 5.60. The maximum atomic E-state index is 11.3. The lowest BCUT2D eigenvalue weighted by atomic mass is 9.61. The Labute approximate surface area is 168 Å². The number of hydrogen-bond donors (Lipinski definition) is 1. The first-order chi connectivity index (χ1) is 12.7. The van der Waals surface area contributed by atoms with Gasteiger partial charge in [-0.3, -0.25) is 0 Å². The van der Waals surface area contributed by atoms with E-state index in [1.165, 1.54) is 51.0 Å². The molecule has 0 aromatic rings. The number of allylic oxidation sites excluding steroid dienone is 1. The van der Waals surface area contributed by atoms with Crippen molar-refractivity contribution in [3.05, 3.63) is 12.2 Å². The Balaban J connectivity index is 2.25. The van der Waals surface area contributed by atoms with Gasteiger partial charge in [-0.05, 0) is 85.4 Å². The zero-order chi connectivity index (χ0) is 20.1. The molecule has 156 valence electrons. The molecule has 0 aromatic heterocycles. The number of carboxylic acids is 1. The van der Waals surface area contributed by atoms with Crippen molar-refractivity contribution in [2.75, 3.05) is 0 Å². The van der Waals surface area contributed by atoms with Crippen LogP contribution in [0.15, 0.2) is 12.2 Å². The van der Waals surface area contributed by atoms with Crippen molar-refractivity contribution in [1.29, 1.82) is 0 Å². The molecule has 2 aliphatic carbocycles. The highest BCUT2D eigenvalue weighted by Crippen LogP contribution is 2.47. The Kier molecular flexibility index (Phi) is 8.43. The summed E-state index contributed by atoms with van der Waals surface area (Å²) < 4.78 is 0. The van der Waals surface area contributed by atoms with E-state index < -0.39 is 5.97 Å². The Morgan fingerprint density at radius 2 is 1.44 bits per heavy atom. The lowest BCUT2D eigenvalue weighted by Crippen LogP contribution is -2.36. The zero-order valence-corrected chi connectivity index (χ0v) is 18.7. The smallest absolute Gasteiger partial charge is 0.327 e. The minimum atomic E-state index is -0.789. The van der Waals surface area contributed by atoms with Crippen molar-refractivity contribution < 1.29 is 9.90 Å². The van der Waals surface area contributed by atoms with Crippen molar-refractivity contribution in [2.45, 2.75) is 86.5 Å². The molecule has 2 saturated carbocycles.